The minimum absolute atomic E-state index is 0.112. The molecule has 5 rings (SSSR count). The van der Waals surface area contributed by atoms with E-state index < -0.39 is 22.6 Å². The van der Waals surface area contributed by atoms with Gasteiger partial charge in [0, 0.05) is 24.1 Å². The van der Waals surface area contributed by atoms with Crippen LogP contribution < -0.4 is 0 Å². The summed E-state index contributed by atoms with van der Waals surface area (Å²) in [6.07, 6.45) is 6.45. The molecule has 1 unspecified atom stereocenters. The van der Waals surface area contributed by atoms with E-state index in [4.69, 9.17) is 4.74 Å². The van der Waals surface area contributed by atoms with E-state index in [0.717, 1.165) is 25.8 Å². The summed E-state index contributed by atoms with van der Waals surface area (Å²) < 4.78 is 5.93. The van der Waals surface area contributed by atoms with E-state index in [1.807, 2.05) is 6.08 Å². The SMILES string of the molecule is O=C1O[C@@]23C[C@H](C=CC2=C1C(O)c1ccccc1[N+](=O)[O-])N1CCCC[C@H]13. The smallest absolute Gasteiger partial charge is 0.338 e. The Balaban J connectivity index is 1.63. The zero-order valence-corrected chi connectivity index (χ0v) is 14.7. The summed E-state index contributed by atoms with van der Waals surface area (Å²) in [5, 5.41) is 22.3. The third kappa shape index (κ3) is 2.18. The van der Waals surface area contributed by atoms with Crippen molar-refractivity contribution in [1.29, 1.82) is 0 Å². The lowest BCUT2D eigenvalue weighted by Crippen LogP contribution is -2.48. The molecule has 0 amide bonds. The van der Waals surface area contributed by atoms with Crippen molar-refractivity contribution in [2.24, 2.45) is 0 Å². The molecule has 2 saturated heterocycles. The van der Waals surface area contributed by atoms with Crippen LogP contribution in [0.3, 0.4) is 0 Å². The highest BCUT2D eigenvalue weighted by Gasteiger charge is 2.62. The normalized spacial score (nSPS) is 32.9. The van der Waals surface area contributed by atoms with Crippen molar-refractivity contribution in [2.75, 3.05) is 6.54 Å². The van der Waals surface area contributed by atoms with Gasteiger partial charge in [0.15, 0.2) is 5.60 Å². The third-order valence-corrected chi connectivity index (χ3v) is 6.45. The summed E-state index contributed by atoms with van der Waals surface area (Å²) in [5.74, 6) is -0.562. The van der Waals surface area contributed by atoms with Crippen molar-refractivity contribution in [1.82, 2.24) is 4.90 Å². The molecule has 0 aromatic heterocycles. The maximum atomic E-state index is 12.8. The number of nitrogens with zero attached hydrogens (tertiary/aromatic N) is 2. The van der Waals surface area contributed by atoms with Crippen molar-refractivity contribution >= 4 is 11.7 Å². The topological polar surface area (TPSA) is 92.9 Å². The predicted octanol–water partition coefficient (Wildman–Crippen LogP) is 2.42. The molecule has 2 fully saturated rings. The molecule has 2 bridgehead atoms. The lowest BCUT2D eigenvalue weighted by molar-refractivity contribution is -0.386. The van der Waals surface area contributed by atoms with Crippen LogP contribution in [-0.2, 0) is 9.53 Å². The fraction of sp³-hybridized carbons (Fsp3) is 0.450. The van der Waals surface area contributed by atoms with Gasteiger partial charge in [-0.2, -0.15) is 0 Å². The van der Waals surface area contributed by atoms with Gasteiger partial charge in [-0.25, -0.2) is 4.79 Å². The molecule has 1 aromatic carbocycles. The highest BCUT2D eigenvalue weighted by Crippen LogP contribution is 2.54. The molecule has 1 N–H and O–H groups in total. The quantitative estimate of drug-likeness (QED) is 0.500. The number of para-hydroxylation sites is 1. The largest absolute Gasteiger partial charge is 0.449 e. The zero-order chi connectivity index (χ0) is 18.8. The van der Waals surface area contributed by atoms with Gasteiger partial charge in [-0.3, -0.25) is 15.0 Å². The molecule has 4 aliphatic rings. The molecule has 27 heavy (non-hydrogen) atoms. The van der Waals surface area contributed by atoms with Crippen molar-refractivity contribution in [3.8, 4) is 0 Å². The van der Waals surface area contributed by atoms with Gasteiger partial charge < -0.3 is 9.84 Å². The van der Waals surface area contributed by atoms with Crippen LogP contribution in [0.15, 0.2) is 47.6 Å². The number of rotatable bonds is 3. The van der Waals surface area contributed by atoms with Gasteiger partial charge in [-0.1, -0.05) is 30.7 Å². The molecule has 1 aromatic rings. The van der Waals surface area contributed by atoms with E-state index in [0.29, 0.717) is 12.0 Å². The molecule has 140 valence electrons. The predicted molar refractivity (Wildman–Crippen MR) is 95.8 cm³/mol. The first-order valence-corrected chi connectivity index (χ1v) is 9.36. The van der Waals surface area contributed by atoms with E-state index in [9.17, 15) is 20.0 Å². The number of esters is 1. The van der Waals surface area contributed by atoms with E-state index in [1.165, 1.54) is 12.1 Å². The van der Waals surface area contributed by atoms with E-state index in [2.05, 4.69) is 11.0 Å². The van der Waals surface area contributed by atoms with Crippen LogP contribution >= 0.6 is 0 Å². The second-order valence-electron chi connectivity index (χ2n) is 7.70. The number of ether oxygens (including phenoxy) is 1. The molecule has 1 aliphatic carbocycles. The van der Waals surface area contributed by atoms with E-state index in [-0.39, 0.29) is 28.9 Å². The Morgan fingerprint density at radius 3 is 2.96 bits per heavy atom. The van der Waals surface area contributed by atoms with Gasteiger partial charge in [-0.05, 0) is 25.5 Å². The number of fused-ring (bicyclic) bond motifs is 3. The maximum absolute atomic E-state index is 12.8. The molecule has 0 radical (unpaired) electrons. The summed E-state index contributed by atoms with van der Waals surface area (Å²) >= 11 is 0. The molecule has 7 heteroatoms. The second kappa shape index (κ2) is 5.74. The average molecular weight is 368 g/mol. The van der Waals surface area contributed by atoms with Gasteiger partial charge in [-0.15, -0.1) is 0 Å². The summed E-state index contributed by atoms with van der Waals surface area (Å²) in [6, 6.07) is 6.35. The van der Waals surface area contributed by atoms with Gasteiger partial charge in [0.1, 0.15) is 6.10 Å². The lowest BCUT2D eigenvalue weighted by atomic mass is 9.78. The van der Waals surface area contributed by atoms with Crippen molar-refractivity contribution in [3.63, 3.8) is 0 Å². The number of carbonyl (C=O) groups excluding carboxylic acids is 1. The molecule has 1 spiro atoms. The number of carbonyl (C=O) groups is 1. The number of benzene rings is 1. The van der Waals surface area contributed by atoms with Crippen molar-refractivity contribution in [3.05, 3.63) is 63.2 Å². The highest BCUT2D eigenvalue weighted by molar-refractivity contribution is 5.96. The number of aliphatic hydroxyl groups is 1. The first-order chi connectivity index (χ1) is 13.0. The molecule has 3 aliphatic heterocycles. The Hall–Kier alpha value is -2.51. The highest BCUT2D eigenvalue weighted by atomic mass is 16.6. The van der Waals surface area contributed by atoms with Crippen LogP contribution in [0.1, 0.15) is 37.4 Å². The fourth-order valence-corrected chi connectivity index (χ4v) is 5.34. The number of nitro benzene ring substituents is 1. The average Bonchev–Trinajstić information content (AvgIpc) is 3.12. The Morgan fingerprint density at radius 1 is 1.33 bits per heavy atom. The summed E-state index contributed by atoms with van der Waals surface area (Å²) in [6.45, 7) is 0.980. The van der Waals surface area contributed by atoms with Crippen molar-refractivity contribution in [2.45, 2.75) is 49.5 Å². The number of hydrogen-bond acceptors (Lipinski definition) is 6. The van der Waals surface area contributed by atoms with Crippen LogP contribution in [0.25, 0.3) is 0 Å². The molecule has 0 saturated carbocycles. The number of piperidine rings is 1. The Bertz CT molecular complexity index is 907. The van der Waals surface area contributed by atoms with Gasteiger partial charge in [0.05, 0.1) is 22.1 Å². The van der Waals surface area contributed by atoms with Crippen molar-refractivity contribution < 1.29 is 19.6 Å². The Labute approximate surface area is 156 Å². The first kappa shape index (κ1) is 16.6. The molecule has 7 nitrogen and oxygen atoms in total. The van der Waals surface area contributed by atoms with Gasteiger partial charge in [0.2, 0.25) is 0 Å². The van der Waals surface area contributed by atoms with Gasteiger partial charge >= 0.3 is 5.97 Å². The molecular weight excluding hydrogens is 348 g/mol. The molecular formula is C20H20N2O5. The van der Waals surface area contributed by atoms with Gasteiger partial charge in [0.25, 0.3) is 5.69 Å². The number of aliphatic hydroxyl groups excluding tert-OH is 1. The van der Waals surface area contributed by atoms with Crippen LogP contribution in [0, 0.1) is 10.1 Å². The lowest BCUT2D eigenvalue weighted by Gasteiger charge is -2.37. The van der Waals surface area contributed by atoms with Crippen LogP contribution in [0.4, 0.5) is 5.69 Å². The fourth-order valence-electron chi connectivity index (χ4n) is 5.34. The second-order valence-corrected chi connectivity index (χ2v) is 7.70. The Kier molecular flexibility index (Phi) is 3.54. The monoisotopic (exact) mass is 368 g/mol. The molecule has 3 heterocycles. The standard InChI is InChI=1S/C20H20N2O5/c23-18(13-5-1-2-6-15(13)22(25)26)17-14-9-8-12-11-20(14,27-19(17)24)16-7-3-4-10-21(12)16/h1-2,5-6,8-9,12,16,18,23H,3-4,7,10-11H2/t12-,16-,18?,20-/m0/s1. The van der Waals surface area contributed by atoms with E-state index in [1.54, 1.807) is 12.1 Å². The number of hydrogen-bond donors (Lipinski definition) is 1. The van der Waals surface area contributed by atoms with E-state index >= 15 is 0 Å². The first-order valence-electron chi connectivity index (χ1n) is 9.36. The number of nitro groups is 1. The summed E-state index contributed by atoms with van der Waals surface area (Å²) in [7, 11) is 0. The maximum Gasteiger partial charge on any atom is 0.338 e. The summed E-state index contributed by atoms with van der Waals surface area (Å²) in [4.78, 5) is 26.1. The molecule has 4 atom stereocenters. The zero-order valence-electron chi connectivity index (χ0n) is 14.7. The van der Waals surface area contributed by atoms with Crippen LogP contribution in [0.2, 0.25) is 0 Å². The third-order valence-electron chi connectivity index (χ3n) is 6.45. The van der Waals surface area contributed by atoms with Crippen LogP contribution in [0.5, 0.6) is 0 Å². The minimum atomic E-state index is -1.38. The van der Waals surface area contributed by atoms with Crippen LogP contribution in [-0.4, -0.2) is 45.1 Å². The minimum Gasteiger partial charge on any atom is -0.449 e. The summed E-state index contributed by atoms with van der Waals surface area (Å²) in [5.41, 5.74) is 0.0371. The Morgan fingerprint density at radius 2 is 2.15 bits per heavy atom.